The van der Waals surface area contributed by atoms with Crippen molar-refractivity contribution in [3.8, 4) is 5.75 Å². The van der Waals surface area contributed by atoms with Gasteiger partial charge in [-0.3, -0.25) is 14.9 Å². The van der Waals surface area contributed by atoms with Crippen molar-refractivity contribution in [2.24, 2.45) is 0 Å². The molecule has 2 N–H and O–H groups in total. The second-order valence-electron chi connectivity index (χ2n) is 5.02. The predicted octanol–water partition coefficient (Wildman–Crippen LogP) is 1.89. The lowest BCUT2D eigenvalue weighted by Crippen LogP contribution is -2.51. The quantitative estimate of drug-likeness (QED) is 0.611. The van der Waals surface area contributed by atoms with E-state index in [0.717, 1.165) is 6.07 Å². The van der Waals surface area contributed by atoms with Crippen LogP contribution in [0.4, 0.5) is 5.69 Å². The molecule has 0 fully saturated rings. The highest BCUT2D eigenvalue weighted by atomic mass is 16.6. The SMILES string of the molecule is CCC(C)(NC(=O)c1cc(OC)c(C)c([N+](=O)[O-])c1)C(=O)O. The van der Waals surface area contributed by atoms with Gasteiger partial charge in [0.1, 0.15) is 11.3 Å². The molecule has 0 heterocycles. The average Bonchev–Trinajstić information content (AvgIpc) is 2.46. The van der Waals surface area contributed by atoms with Crippen LogP contribution in [0.5, 0.6) is 5.75 Å². The van der Waals surface area contributed by atoms with Crippen molar-refractivity contribution < 1.29 is 24.4 Å². The average molecular weight is 310 g/mol. The zero-order chi connectivity index (χ0) is 17.1. The topological polar surface area (TPSA) is 119 Å². The van der Waals surface area contributed by atoms with Crippen LogP contribution in [-0.4, -0.2) is 34.6 Å². The van der Waals surface area contributed by atoms with Gasteiger partial charge in [0.2, 0.25) is 0 Å². The van der Waals surface area contributed by atoms with Crippen LogP contribution in [-0.2, 0) is 4.79 Å². The van der Waals surface area contributed by atoms with Gasteiger partial charge in [-0.2, -0.15) is 0 Å². The first-order chi connectivity index (χ1) is 10.2. The van der Waals surface area contributed by atoms with E-state index in [2.05, 4.69) is 5.32 Å². The number of nitro benzene ring substituents is 1. The molecule has 1 rings (SSSR count). The van der Waals surface area contributed by atoms with Crippen molar-refractivity contribution in [1.82, 2.24) is 5.32 Å². The first-order valence-electron chi connectivity index (χ1n) is 6.55. The molecule has 8 nitrogen and oxygen atoms in total. The molecule has 0 saturated heterocycles. The number of nitrogens with zero attached hydrogens (tertiary/aromatic N) is 1. The van der Waals surface area contributed by atoms with E-state index in [9.17, 15) is 19.7 Å². The lowest BCUT2D eigenvalue weighted by atomic mass is 9.98. The van der Waals surface area contributed by atoms with Gasteiger partial charge in [0.25, 0.3) is 11.6 Å². The lowest BCUT2D eigenvalue weighted by Gasteiger charge is -2.24. The number of nitrogens with one attached hydrogen (secondary N) is 1. The van der Waals surface area contributed by atoms with Crippen molar-refractivity contribution in [2.45, 2.75) is 32.7 Å². The van der Waals surface area contributed by atoms with E-state index in [-0.39, 0.29) is 23.4 Å². The Kier molecular flexibility index (Phi) is 5.08. The van der Waals surface area contributed by atoms with E-state index in [4.69, 9.17) is 9.84 Å². The Bertz CT molecular complexity index is 628. The zero-order valence-electron chi connectivity index (χ0n) is 12.8. The van der Waals surface area contributed by atoms with Crippen LogP contribution in [0.1, 0.15) is 36.2 Å². The van der Waals surface area contributed by atoms with Crippen molar-refractivity contribution in [3.63, 3.8) is 0 Å². The molecule has 0 aliphatic heterocycles. The van der Waals surface area contributed by atoms with Crippen LogP contribution in [0.3, 0.4) is 0 Å². The van der Waals surface area contributed by atoms with Gasteiger partial charge in [-0.1, -0.05) is 6.92 Å². The fraction of sp³-hybridized carbons (Fsp3) is 0.429. The summed E-state index contributed by atoms with van der Waals surface area (Å²) in [7, 11) is 1.33. The Hall–Kier alpha value is -2.64. The summed E-state index contributed by atoms with van der Waals surface area (Å²) >= 11 is 0. The van der Waals surface area contributed by atoms with Crippen LogP contribution < -0.4 is 10.1 Å². The summed E-state index contributed by atoms with van der Waals surface area (Å²) in [6, 6.07) is 2.45. The molecule has 1 amide bonds. The molecule has 0 radical (unpaired) electrons. The number of ether oxygens (including phenoxy) is 1. The monoisotopic (exact) mass is 310 g/mol. The van der Waals surface area contributed by atoms with Gasteiger partial charge < -0.3 is 15.2 Å². The second-order valence-corrected chi connectivity index (χ2v) is 5.02. The number of rotatable bonds is 6. The summed E-state index contributed by atoms with van der Waals surface area (Å²) in [6.07, 6.45) is 0.166. The molecule has 1 unspecified atom stereocenters. The van der Waals surface area contributed by atoms with Crippen LogP contribution in [0, 0.1) is 17.0 Å². The van der Waals surface area contributed by atoms with Gasteiger partial charge in [-0.05, 0) is 26.3 Å². The van der Waals surface area contributed by atoms with Crippen molar-refractivity contribution >= 4 is 17.6 Å². The third-order valence-electron chi connectivity index (χ3n) is 3.58. The Morgan fingerprint density at radius 2 is 2.05 bits per heavy atom. The predicted molar refractivity (Wildman–Crippen MR) is 78.2 cm³/mol. The largest absolute Gasteiger partial charge is 0.496 e. The maximum Gasteiger partial charge on any atom is 0.329 e. The number of carbonyl (C=O) groups is 2. The first-order valence-corrected chi connectivity index (χ1v) is 6.55. The lowest BCUT2D eigenvalue weighted by molar-refractivity contribution is -0.385. The molecule has 0 saturated carbocycles. The number of aliphatic carboxylic acids is 1. The number of amides is 1. The summed E-state index contributed by atoms with van der Waals surface area (Å²) in [5.41, 5.74) is -1.46. The number of benzene rings is 1. The van der Waals surface area contributed by atoms with E-state index in [1.807, 2.05) is 0 Å². The van der Waals surface area contributed by atoms with Crippen LogP contribution >= 0.6 is 0 Å². The minimum Gasteiger partial charge on any atom is -0.496 e. The van der Waals surface area contributed by atoms with Gasteiger partial charge >= 0.3 is 5.97 Å². The van der Waals surface area contributed by atoms with Crippen molar-refractivity contribution in [2.75, 3.05) is 7.11 Å². The van der Waals surface area contributed by atoms with Gasteiger partial charge in [-0.15, -0.1) is 0 Å². The zero-order valence-corrected chi connectivity index (χ0v) is 12.8. The van der Waals surface area contributed by atoms with Gasteiger partial charge in [-0.25, -0.2) is 4.79 Å². The third kappa shape index (κ3) is 3.33. The fourth-order valence-electron chi connectivity index (χ4n) is 1.82. The van der Waals surface area contributed by atoms with Crippen LogP contribution in [0.2, 0.25) is 0 Å². The molecule has 1 aromatic rings. The second kappa shape index (κ2) is 6.42. The van der Waals surface area contributed by atoms with Crippen molar-refractivity contribution in [1.29, 1.82) is 0 Å². The number of carboxylic acids is 1. The van der Waals surface area contributed by atoms with Crippen LogP contribution in [0.15, 0.2) is 12.1 Å². The molecule has 0 aromatic heterocycles. The minimum atomic E-state index is -1.45. The number of hydrogen-bond donors (Lipinski definition) is 2. The molecule has 1 atom stereocenters. The van der Waals surface area contributed by atoms with Gasteiger partial charge in [0.05, 0.1) is 17.6 Å². The normalized spacial score (nSPS) is 13.1. The number of methoxy groups -OCH3 is 1. The number of hydrogen-bond acceptors (Lipinski definition) is 5. The fourth-order valence-corrected chi connectivity index (χ4v) is 1.82. The molecule has 22 heavy (non-hydrogen) atoms. The van der Waals surface area contributed by atoms with E-state index in [1.54, 1.807) is 6.92 Å². The number of carbonyl (C=O) groups excluding carboxylic acids is 1. The Balaban J connectivity index is 3.27. The maximum atomic E-state index is 12.2. The smallest absolute Gasteiger partial charge is 0.329 e. The van der Waals surface area contributed by atoms with Gasteiger partial charge in [0.15, 0.2) is 0 Å². The molecular weight excluding hydrogens is 292 g/mol. The maximum absolute atomic E-state index is 12.2. The Labute approximate surface area is 127 Å². The third-order valence-corrected chi connectivity index (χ3v) is 3.58. The minimum absolute atomic E-state index is 0.0323. The Morgan fingerprint density at radius 3 is 2.45 bits per heavy atom. The highest BCUT2D eigenvalue weighted by Crippen LogP contribution is 2.29. The van der Waals surface area contributed by atoms with E-state index in [1.165, 1.54) is 27.0 Å². The number of carboxylic acid groups (broad SMARTS) is 1. The molecule has 0 aliphatic carbocycles. The molecule has 120 valence electrons. The highest BCUT2D eigenvalue weighted by Gasteiger charge is 2.33. The highest BCUT2D eigenvalue weighted by molar-refractivity contribution is 5.98. The van der Waals surface area contributed by atoms with Crippen LogP contribution in [0.25, 0.3) is 0 Å². The molecule has 0 aliphatic rings. The summed E-state index contributed by atoms with van der Waals surface area (Å²) in [5.74, 6) is -1.71. The standard InChI is InChI=1S/C14H18N2O6/c1-5-14(3,13(18)19)15-12(17)9-6-10(16(20)21)8(2)11(7-9)22-4/h6-7H,5H2,1-4H3,(H,15,17)(H,18,19). The molecular formula is C14H18N2O6. The van der Waals surface area contributed by atoms with E-state index < -0.39 is 22.3 Å². The van der Waals surface area contributed by atoms with E-state index >= 15 is 0 Å². The summed E-state index contributed by atoms with van der Waals surface area (Å²) in [5, 5.41) is 22.6. The summed E-state index contributed by atoms with van der Waals surface area (Å²) < 4.78 is 5.03. The van der Waals surface area contributed by atoms with Crippen molar-refractivity contribution in [3.05, 3.63) is 33.4 Å². The molecule has 0 bridgehead atoms. The summed E-state index contributed by atoms with van der Waals surface area (Å²) in [6.45, 7) is 4.49. The summed E-state index contributed by atoms with van der Waals surface area (Å²) in [4.78, 5) is 33.9. The molecule has 1 aromatic carbocycles. The Morgan fingerprint density at radius 1 is 1.45 bits per heavy atom. The van der Waals surface area contributed by atoms with E-state index in [0.29, 0.717) is 5.56 Å². The van der Waals surface area contributed by atoms with Gasteiger partial charge in [0, 0.05) is 11.6 Å². The first kappa shape index (κ1) is 17.4. The molecule has 0 spiro atoms. The molecule has 8 heteroatoms. The number of nitro groups is 1.